The zero-order valence-corrected chi connectivity index (χ0v) is 23.5. The lowest BCUT2D eigenvalue weighted by Gasteiger charge is -2.32. The van der Waals surface area contributed by atoms with Crippen LogP contribution in [-0.2, 0) is 26.2 Å². The summed E-state index contributed by atoms with van der Waals surface area (Å²) in [5, 5.41) is 14.7. The molecule has 0 heterocycles. The number of amides is 2. The topological polar surface area (TPSA) is 130 Å². The van der Waals surface area contributed by atoms with Gasteiger partial charge in [0.15, 0.2) is 0 Å². The van der Waals surface area contributed by atoms with Crippen LogP contribution in [0.1, 0.15) is 38.3 Å². The van der Waals surface area contributed by atoms with Gasteiger partial charge in [0.05, 0.1) is 16.9 Å². The van der Waals surface area contributed by atoms with Crippen molar-refractivity contribution in [1.82, 2.24) is 10.2 Å². The number of carbonyl (C=O) groups is 2. The molecule has 2 atom stereocenters. The lowest BCUT2D eigenvalue weighted by atomic mass is 10.1. The molecule has 0 unspecified atom stereocenters. The highest BCUT2D eigenvalue weighted by molar-refractivity contribution is 7.92. The van der Waals surface area contributed by atoms with E-state index in [1.54, 1.807) is 25.1 Å². The molecule has 0 aliphatic heterocycles. The molecule has 37 heavy (non-hydrogen) atoms. The third-order valence-corrected chi connectivity index (χ3v) is 7.74. The van der Waals surface area contributed by atoms with Gasteiger partial charge in [-0.05, 0) is 44.9 Å². The first-order valence-electron chi connectivity index (χ1n) is 11.4. The lowest BCUT2D eigenvalue weighted by Crippen LogP contribution is -2.52. The molecule has 0 saturated carbocycles. The number of rotatable bonds is 11. The lowest BCUT2D eigenvalue weighted by molar-refractivity contribution is -0.384. The van der Waals surface area contributed by atoms with Gasteiger partial charge in [0.1, 0.15) is 12.6 Å². The maximum atomic E-state index is 13.7. The summed E-state index contributed by atoms with van der Waals surface area (Å²) in [5.41, 5.74) is 0.451. The molecular weight excluding hydrogens is 543 g/mol. The van der Waals surface area contributed by atoms with Crippen molar-refractivity contribution in [3.05, 3.63) is 67.7 Å². The van der Waals surface area contributed by atoms with E-state index in [2.05, 4.69) is 5.32 Å². The number of non-ortho nitro benzene ring substituents is 1. The summed E-state index contributed by atoms with van der Waals surface area (Å²) in [5.74, 6) is -1.16. The molecule has 2 rings (SSSR count). The normalized spacial score (nSPS) is 12.9. The number of nitro benzene ring substituents is 1. The van der Waals surface area contributed by atoms with Crippen LogP contribution in [0.5, 0.6) is 0 Å². The molecule has 0 saturated heterocycles. The Balaban J connectivity index is 2.54. The highest BCUT2D eigenvalue weighted by Gasteiger charge is 2.32. The molecule has 0 fully saturated rings. The van der Waals surface area contributed by atoms with Gasteiger partial charge in [0, 0.05) is 40.3 Å². The van der Waals surface area contributed by atoms with E-state index < -0.39 is 39.3 Å². The van der Waals surface area contributed by atoms with E-state index in [-0.39, 0.29) is 34.0 Å². The van der Waals surface area contributed by atoms with E-state index in [0.717, 1.165) is 16.6 Å². The van der Waals surface area contributed by atoms with Gasteiger partial charge in [0.2, 0.25) is 21.8 Å². The van der Waals surface area contributed by atoms with Crippen molar-refractivity contribution >= 4 is 56.4 Å². The van der Waals surface area contributed by atoms with E-state index in [1.165, 1.54) is 24.0 Å². The van der Waals surface area contributed by atoms with Gasteiger partial charge in [-0.3, -0.25) is 24.0 Å². The Labute approximate surface area is 226 Å². The quantitative estimate of drug-likeness (QED) is 0.315. The molecule has 2 aromatic carbocycles. The van der Waals surface area contributed by atoms with Gasteiger partial charge in [-0.1, -0.05) is 42.3 Å². The van der Waals surface area contributed by atoms with E-state index in [1.807, 2.05) is 13.8 Å². The SMILES string of the molecule is CC[C@H](C)NC(=O)[C@@H](C)N(Cc1c(Cl)cccc1Cl)C(=O)CN(c1cc([N+](=O)[O-])ccc1C)S(C)(=O)=O. The molecule has 2 aromatic rings. The minimum Gasteiger partial charge on any atom is -0.352 e. The number of hydrogen-bond acceptors (Lipinski definition) is 6. The molecule has 0 aliphatic carbocycles. The van der Waals surface area contributed by atoms with Crippen LogP contribution in [0.2, 0.25) is 10.0 Å². The Morgan fingerprint density at radius 2 is 1.73 bits per heavy atom. The summed E-state index contributed by atoms with van der Waals surface area (Å²) < 4.78 is 26.3. The monoisotopic (exact) mass is 572 g/mol. The average Bonchev–Trinajstić information content (AvgIpc) is 2.81. The van der Waals surface area contributed by atoms with Gasteiger partial charge in [0.25, 0.3) is 5.69 Å². The van der Waals surface area contributed by atoms with Crippen molar-refractivity contribution in [2.75, 3.05) is 17.1 Å². The fourth-order valence-electron chi connectivity index (χ4n) is 3.48. The molecule has 0 aromatic heterocycles. The van der Waals surface area contributed by atoms with Crippen LogP contribution in [0.3, 0.4) is 0 Å². The maximum Gasteiger partial charge on any atom is 0.271 e. The third kappa shape index (κ3) is 7.80. The number of halogens is 2. The highest BCUT2D eigenvalue weighted by atomic mass is 35.5. The van der Waals surface area contributed by atoms with Crippen molar-refractivity contribution < 1.29 is 22.9 Å². The average molecular weight is 573 g/mol. The third-order valence-electron chi connectivity index (χ3n) is 5.91. The second-order valence-electron chi connectivity index (χ2n) is 8.71. The van der Waals surface area contributed by atoms with Crippen molar-refractivity contribution in [2.45, 2.75) is 52.7 Å². The van der Waals surface area contributed by atoms with E-state index in [9.17, 15) is 28.1 Å². The van der Waals surface area contributed by atoms with E-state index in [4.69, 9.17) is 23.2 Å². The van der Waals surface area contributed by atoms with E-state index >= 15 is 0 Å². The molecule has 0 bridgehead atoms. The predicted molar refractivity (Wildman–Crippen MR) is 144 cm³/mol. The molecule has 0 spiro atoms. The Bertz CT molecular complexity index is 1270. The summed E-state index contributed by atoms with van der Waals surface area (Å²) in [7, 11) is -4.06. The zero-order valence-electron chi connectivity index (χ0n) is 21.2. The van der Waals surface area contributed by atoms with Crippen molar-refractivity contribution in [3.8, 4) is 0 Å². The fourth-order valence-corrected chi connectivity index (χ4v) is 4.89. The van der Waals surface area contributed by atoms with Crippen LogP contribution in [0.4, 0.5) is 11.4 Å². The second kappa shape index (κ2) is 12.6. The summed E-state index contributed by atoms with van der Waals surface area (Å²) >= 11 is 12.6. The first kappa shape index (κ1) is 30.3. The molecule has 202 valence electrons. The number of carbonyl (C=O) groups excluding carboxylic acids is 2. The Morgan fingerprint density at radius 1 is 1.14 bits per heavy atom. The van der Waals surface area contributed by atoms with Crippen LogP contribution in [0.15, 0.2) is 36.4 Å². The Hall–Kier alpha value is -2.89. The summed E-state index contributed by atoms with van der Waals surface area (Å²) in [6.07, 6.45) is 1.56. The maximum absolute atomic E-state index is 13.7. The number of benzene rings is 2. The number of nitro groups is 1. The number of sulfonamides is 1. The molecule has 10 nitrogen and oxygen atoms in total. The first-order chi connectivity index (χ1) is 17.2. The van der Waals surface area contributed by atoms with Crippen LogP contribution >= 0.6 is 23.2 Å². The van der Waals surface area contributed by atoms with Gasteiger partial charge >= 0.3 is 0 Å². The summed E-state index contributed by atoms with van der Waals surface area (Å²) in [4.78, 5) is 38.5. The van der Waals surface area contributed by atoms with Crippen molar-refractivity contribution in [2.24, 2.45) is 0 Å². The van der Waals surface area contributed by atoms with Gasteiger partial charge in [-0.2, -0.15) is 0 Å². The van der Waals surface area contributed by atoms with Gasteiger partial charge in [-0.25, -0.2) is 8.42 Å². The first-order valence-corrected chi connectivity index (χ1v) is 14.0. The molecule has 0 radical (unpaired) electrons. The van der Waals surface area contributed by atoms with Crippen LogP contribution in [0.25, 0.3) is 0 Å². The molecular formula is C24H30Cl2N4O6S. The van der Waals surface area contributed by atoms with Gasteiger partial charge in [-0.15, -0.1) is 0 Å². The summed E-state index contributed by atoms with van der Waals surface area (Å²) in [6, 6.07) is 7.38. The standard InChI is InChI=1S/C24H30Cl2N4O6S/c1-6-16(3)27-24(32)17(4)28(13-19-20(25)8-7-9-21(19)26)23(31)14-29(37(5,35)36)22-12-18(30(33)34)11-10-15(22)2/h7-12,16-17H,6,13-14H2,1-5H3,(H,27,32)/t16-,17+/m0/s1. The van der Waals surface area contributed by atoms with Crippen molar-refractivity contribution in [3.63, 3.8) is 0 Å². The number of nitrogens with one attached hydrogen (secondary N) is 1. The second-order valence-corrected chi connectivity index (χ2v) is 11.4. The van der Waals surface area contributed by atoms with Crippen LogP contribution in [-0.4, -0.2) is 54.9 Å². The molecule has 13 heteroatoms. The largest absolute Gasteiger partial charge is 0.352 e. The number of aryl methyl sites for hydroxylation is 1. The Morgan fingerprint density at radius 3 is 2.24 bits per heavy atom. The predicted octanol–water partition coefficient (Wildman–Crippen LogP) is 4.31. The number of anilines is 1. The minimum atomic E-state index is -4.06. The minimum absolute atomic E-state index is 0.0162. The van der Waals surface area contributed by atoms with Crippen molar-refractivity contribution in [1.29, 1.82) is 0 Å². The molecule has 2 amide bonds. The Kier molecular flexibility index (Phi) is 10.3. The molecule has 0 aliphatic rings. The summed E-state index contributed by atoms with van der Waals surface area (Å²) in [6.45, 7) is 5.93. The zero-order chi connectivity index (χ0) is 28.1. The highest BCUT2D eigenvalue weighted by Crippen LogP contribution is 2.29. The smallest absolute Gasteiger partial charge is 0.271 e. The van der Waals surface area contributed by atoms with Crippen LogP contribution < -0.4 is 9.62 Å². The van der Waals surface area contributed by atoms with Crippen LogP contribution in [0, 0.1) is 17.0 Å². The fraction of sp³-hybridized carbons (Fsp3) is 0.417. The number of hydrogen-bond donors (Lipinski definition) is 1. The van der Waals surface area contributed by atoms with Gasteiger partial charge < -0.3 is 10.2 Å². The molecule has 1 N–H and O–H groups in total. The van der Waals surface area contributed by atoms with E-state index in [0.29, 0.717) is 17.5 Å². The number of nitrogens with zero attached hydrogens (tertiary/aromatic N) is 3.